The third kappa shape index (κ3) is 2.67. The Morgan fingerprint density at radius 3 is 2.74 bits per heavy atom. The van der Waals surface area contributed by atoms with Crippen molar-refractivity contribution in [3.8, 4) is 0 Å². The molecule has 1 heterocycles. The first-order chi connectivity index (χ1) is 8.91. The zero-order valence-electron chi connectivity index (χ0n) is 11.0. The van der Waals surface area contributed by atoms with Crippen molar-refractivity contribution in [1.82, 2.24) is 14.9 Å². The van der Waals surface area contributed by atoms with Crippen molar-refractivity contribution in [2.45, 2.75) is 32.9 Å². The fourth-order valence-electron chi connectivity index (χ4n) is 2.03. The number of hydrogen-bond acceptors (Lipinski definition) is 2. The fraction of sp³-hybridized carbons (Fsp3) is 0.385. The zero-order valence-corrected chi connectivity index (χ0v) is 12.6. The predicted octanol–water partition coefficient (Wildman–Crippen LogP) is 3.44. The second-order valence-corrected chi connectivity index (χ2v) is 5.57. The van der Waals surface area contributed by atoms with E-state index in [1.165, 1.54) is 0 Å². The monoisotopic (exact) mass is 297 g/mol. The maximum Gasteiger partial charge on any atom is 0.243 e. The van der Waals surface area contributed by atoms with Crippen molar-refractivity contribution in [3.63, 3.8) is 0 Å². The number of imidazole rings is 1. The number of aromatic nitrogens is 2. The SMILES string of the molecule is CC(C)NC(=O)C(C)n1c(=S)[nH]c2cccc(Cl)c21. The van der Waals surface area contributed by atoms with Gasteiger partial charge in [-0.1, -0.05) is 17.7 Å². The van der Waals surface area contributed by atoms with E-state index in [0.717, 1.165) is 11.0 Å². The minimum Gasteiger partial charge on any atom is -0.352 e. The number of carbonyl (C=O) groups excluding carboxylic acids is 1. The van der Waals surface area contributed by atoms with E-state index in [2.05, 4.69) is 10.3 Å². The molecule has 2 rings (SSSR count). The van der Waals surface area contributed by atoms with E-state index in [1.54, 1.807) is 10.6 Å². The molecular weight excluding hydrogens is 282 g/mol. The highest BCUT2D eigenvalue weighted by molar-refractivity contribution is 7.71. The van der Waals surface area contributed by atoms with E-state index in [9.17, 15) is 4.79 Å². The van der Waals surface area contributed by atoms with E-state index < -0.39 is 6.04 Å². The summed E-state index contributed by atoms with van der Waals surface area (Å²) in [6.45, 7) is 5.66. The number of aromatic amines is 1. The summed E-state index contributed by atoms with van der Waals surface area (Å²) in [6.07, 6.45) is 0. The van der Waals surface area contributed by atoms with Gasteiger partial charge in [0, 0.05) is 6.04 Å². The second-order valence-electron chi connectivity index (χ2n) is 4.78. The van der Waals surface area contributed by atoms with Gasteiger partial charge < -0.3 is 14.9 Å². The van der Waals surface area contributed by atoms with Crippen LogP contribution in [-0.4, -0.2) is 21.5 Å². The van der Waals surface area contributed by atoms with Gasteiger partial charge in [-0.2, -0.15) is 0 Å². The number of amides is 1. The van der Waals surface area contributed by atoms with Gasteiger partial charge in [0.1, 0.15) is 6.04 Å². The molecule has 2 N–H and O–H groups in total. The molecule has 1 atom stereocenters. The molecule has 1 unspecified atom stereocenters. The van der Waals surface area contributed by atoms with Crippen LogP contribution in [0.4, 0.5) is 0 Å². The molecule has 6 heteroatoms. The molecule has 0 aliphatic rings. The van der Waals surface area contributed by atoms with E-state index in [0.29, 0.717) is 9.79 Å². The Hall–Kier alpha value is -1.33. The lowest BCUT2D eigenvalue weighted by Gasteiger charge is -2.17. The number of hydrogen-bond donors (Lipinski definition) is 2. The van der Waals surface area contributed by atoms with Gasteiger partial charge in [-0.05, 0) is 45.1 Å². The standard InChI is InChI=1S/C13H16ClN3OS/c1-7(2)15-12(18)8(3)17-11-9(14)5-4-6-10(11)16-13(17)19/h4-8H,1-3H3,(H,15,18)(H,16,19). The highest BCUT2D eigenvalue weighted by atomic mass is 35.5. The number of benzene rings is 1. The van der Waals surface area contributed by atoms with Gasteiger partial charge in [-0.3, -0.25) is 4.79 Å². The molecule has 102 valence electrons. The van der Waals surface area contributed by atoms with Crippen molar-refractivity contribution in [2.24, 2.45) is 0 Å². The molecule has 0 spiro atoms. The summed E-state index contributed by atoms with van der Waals surface area (Å²) in [5.74, 6) is -0.0769. The number of H-pyrrole nitrogens is 1. The summed E-state index contributed by atoms with van der Waals surface area (Å²) in [7, 11) is 0. The summed E-state index contributed by atoms with van der Waals surface area (Å²) in [4.78, 5) is 15.2. The van der Waals surface area contributed by atoms with Crippen molar-refractivity contribution < 1.29 is 4.79 Å². The quantitative estimate of drug-likeness (QED) is 0.853. The third-order valence-electron chi connectivity index (χ3n) is 2.89. The van der Waals surface area contributed by atoms with Gasteiger partial charge in [0.05, 0.1) is 16.1 Å². The Morgan fingerprint density at radius 2 is 2.11 bits per heavy atom. The van der Waals surface area contributed by atoms with Crippen LogP contribution in [0, 0.1) is 4.77 Å². The number of carbonyl (C=O) groups is 1. The molecule has 0 aliphatic carbocycles. The van der Waals surface area contributed by atoms with Crippen LogP contribution in [0.3, 0.4) is 0 Å². The van der Waals surface area contributed by atoms with Crippen molar-refractivity contribution in [3.05, 3.63) is 28.0 Å². The number of halogens is 1. The summed E-state index contributed by atoms with van der Waals surface area (Å²) < 4.78 is 2.25. The summed E-state index contributed by atoms with van der Waals surface area (Å²) in [5, 5.41) is 3.46. The molecule has 1 aromatic heterocycles. The molecule has 0 aliphatic heterocycles. The molecule has 1 amide bonds. The van der Waals surface area contributed by atoms with Crippen LogP contribution in [0.1, 0.15) is 26.8 Å². The second kappa shape index (κ2) is 5.35. The van der Waals surface area contributed by atoms with Gasteiger partial charge in [0.15, 0.2) is 4.77 Å². The minimum absolute atomic E-state index is 0.0769. The first-order valence-corrected chi connectivity index (χ1v) is 6.89. The van der Waals surface area contributed by atoms with Crippen molar-refractivity contribution in [2.75, 3.05) is 0 Å². The maximum atomic E-state index is 12.1. The topological polar surface area (TPSA) is 49.8 Å². The average molecular weight is 298 g/mol. The van der Waals surface area contributed by atoms with Crippen LogP contribution in [0.25, 0.3) is 11.0 Å². The third-order valence-corrected chi connectivity index (χ3v) is 3.49. The Balaban J connectivity index is 2.53. The zero-order chi connectivity index (χ0) is 14.2. The number of para-hydroxylation sites is 1. The maximum absolute atomic E-state index is 12.1. The predicted molar refractivity (Wildman–Crippen MR) is 80.1 cm³/mol. The summed E-state index contributed by atoms with van der Waals surface area (Å²) in [5.41, 5.74) is 1.60. The van der Waals surface area contributed by atoms with Crippen molar-refractivity contribution >= 4 is 40.8 Å². The molecule has 0 saturated carbocycles. The van der Waals surface area contributed by atoms with Gasteiger partial charge in [0.25, 0.3) is 0 Å². The minimum atomic E-state index is -0.413. The molecule has 0 bridgehead atoms. The molecule has 19 heavy (non-hydrogen) atoms. The molecule has 4 nitrogen and oxygen atoms in total. The van der Waals surface area contributed by atoms with Gasteiger partial charge >= 0.3 is 0 Å². The lowest BCUT2D eigenvalue weighted by molar-refractivity contribution is -0.124. The van der Waals surface area contributed by atoms with Crippen LogP contribution in [0.15, 0.2) is 18.2 Å². The summed E-state index contributed by atoms with van der Waals surface area (Å²) in [6, 6.07) is 5.20. The molecule has 0 radical (unpaired) electrons. The number of fused-ring (bicyclic) bond motifs is 1. The molecule has 2 aromatic rings. The van der Waals surface area contributed by atoms with Crippen LogP contribution < -0.4 is 5.32 Å². The molecule has 0 fully saturated rings. The fourth-order valence-corrected chi connectivity index (χ4v) is 2.65. The van der Waals surface area contributed by atoms with Gasteiger partial charge in [-0.25, -0.2) is 0 Å². The van der Waals surface area contributed by atoms with Gasteiger partial charge in [0.2, 0.25) is 5.91 Å². The number of rotatable bonds is 3. The van der Waals surface area contributed by atoms with Crippen LogP contribution in [0.5, 0.6) is 0 Å². The van der Waals surface area contributed by atoms with Gasteiger partial charge in [-0.15, -0.1) is 0 Å². The van der Waals surface area contributed by atoms with Crippen molar-refractivity contribution in [1.29, 1.82) is 0 Å². The molecule has 0 saturated heterocycles. The van der Waals surface area contributed by atoms with Crippen LogP contribution in [-0.2, 0) is 4.79 Å². The number of nitrogens with zero attached hydrogens (tertiary/aromatic N) is 1. The van der Waals surface area contributed by atoms with E-state index in [4.69, 9.17) is 23.8 Å². The van der Waals surface area contributed by atoms with Crippen LogP contribution in [0.2, 0.25) is 5.02 Å². The van der Waals surface area contributed by atoms with E-state index in [1.807, 2.05) is 32.9 Å². The Morgan fingerprint density at radius 1 is 1.42 bits per heavy atom. The Kier molecular flexibility index (Phi) is 3.96. The van der Waals surface area contributed by atoms with E-state index in [-0.39, 0.29) is 11.9 Å². The highest BCUT2D eigenvalue weighted by Gasteiger charge is 2.20. The lowest BCUT2D eigenvalue weighted by Crippen LogP contribution is -2.35. The number of nitrogens with one attached hydrogen (secondary N) is 2. The normalized spacial score (nSPS) is 12.9. The van der Waals surface area contributed by atoms with Crippen LogP contribution >= 0.6 is 23.8 Å². The average Bonchev–Trinajstić information content (AvgIpc) is 2.65. The lowest BCUT2D eigenvalue weighted by atomic mass is 10.2. The first-order valence-electron chi connectivity index (χ1n) is 6.11. The Bertz CT molecular complexity index is 674. The first kappa shape index (κ1) is 14.1. The van der Waals surface area contributed by atoms with E-state index >= 15 is 0 Å². The summed E-state index contributed by atoms with van der Waals surface area (Å²) >= 11 is 11.5. The smallest absolute Gasteiger partial charge is 0.243 e. The highest BCUT2D eigenvalue weighted by Crippen LogP contribution is 2.26. The molecule has 1 aromatic carbocycles. The molecular formula is C13H16ClN3OS. The largest absolute Gasteiger partial charge is 0.352 e. The Labute approximate surface area is 121 Å².